The summed E-state index contributed by atoms with van der Waals surface area (Å²) in [6, 6.07) is 16.5. The normalized spacial score (nSPS) is 11.3. The zero-order chi connectivity index (χ0) is 16.8. The number of ether oxygens (including phenoxy) is 2. The number of nitrogens with two attached hydrogens (primary N) is 1. The zero-order valence-corrected chi connectivity index (χ0v) is 14.0. The first-order valence-electron chi connectivity index (χ1n) is 7.82. The molecule has 0 spiro atoms. The van der Waals surface area contributed by atoms with E-state index in [1.807, 2.05) is 24.3 Å². The number of fused-ring (bicyclic) bond motifs is 4. The van der Waals surface area contributed by atoms with Gasteiger partial charge in [-0.05, 0) is 48.0 Å². The molecule has 4 aromatic rings. The van der Waals surface area contributed by atoms with Gasteiger partial charge in [0, 0.05) is 5.39 Å². The molecule has 2 aromatic heterocycles. The standard InChI is InChI=1S/C20H18N2O2/c1-12-8-14-10-18(23-2)19(24-3)11-16(14)17-9-13-6-4-5-7-15(13)20(21)22(12)17/h4-11,21H,1-3H3/p+1. The number of aryl methyl sites for hydroxylation is 1. The van der Waals surface area contributed by atoms with Gasteiger partial charge in [0.25, 0.3) is 5.82 Å². The molecule has 0 radical (unpaired) electrons. The quantitative estimate of drug-likeness (QED) is 0.349. The van der Waals surface area contributed by atoms with Gasteiger partial charge in [-0.15, -0.1) is 0 Å². The number of rotatable bonds is 2. The largest absolute Gasteiger partial charge is 0.493 e. The van der Waals surface area contributed by atoms with E-state index in [0.29, 0.717) is 5.75 Å². The van der Waals surface area contributed by atoms with Crippen LogP contribution in [0, 0.1) is 6.92 Å². The van der Waals surface area contributed by atoms with Crippen LogP contribution >= 0.6 is 0 Å². The van der Waals surface area contributed by atoms with Gasteiger partial charge >= 0.3 is 0 Å². The predicted molar refractivity (Wildman–Crippen MR) is 96.9 cm³/mol. The van der Waals surface area contributed by atoms with Crippen LogP contribution in [0.2, 0.25) is 0 Å². The molecule has 0 aliphatic carbocycles. The topological polar surface area (TPSA) is 48.6 Å². The zero-order valence-electron chi connectivity index (χ0n) is 14.0. The number of nitrogen functional groups attached to an aromatic ring is 1. The van der Waals surface area contributed by atoms with E-state index in [4.69, 9.17) is 15.2 Å². The molecule has 0 amide bonds. The highest BCUT2D eigenvalue weighted by molar-refractivity contribution is 6.01. The van der Waals surface area contributed by atoms with Crippen LogP contribution in [0.3, 0.4) is 0 Å². The van der Waals surface area contributed by atoms with Crippen LogP contribution in [0.25, 0.3) is 27.1 Å². The second-order valence-electron chi connectivity index (χ2n) is 5.92. The molecule has 0 saturated heterocycles. The van der Waals surface area contributed by atoms with Crippen LogP contribution < -0.4 is 19.6 Å². The lowest BCUT2D eigenvalue weighted by Gasteiger charge is -2.12. The second kappa shape index (κ2) is 5.27. The predicted octanol–water partition coefficient (Wildman–Crippen LogP) is 3.64. The van der Waals surface area contributed by atoms with Crippen LogP contribution in [0.15, 0.2) is 48.5 Å². The van der Waals surface area contributed by atoms with Crippen LogP contribution in [0.1, 0.15) is 5.69 Å². The molecule has 0 bridgehead atoms. The highest BCUT2D eigenvalue weighted by Gasteiger charge is 2.17. The summed E-state index contributed by atoms with van der Waals surface area (Å²) in [5, 5.41) is 4.35. The maximum atomic E-state index is 6.48. The average Bonchev–Trinajstić information content (AvgIpc) is 2.60. The van der Waals surface area contributed by atoms with E-state index in [0.717, 1.165) is 44.3 Å². The Morgan fingerprint density at radius 2 is 1.54 bits per heavy atom. The molecule has 24 heavy (non-hydrogen) atoms. The molecular formula is C20H19N2O2+. The van der Waals surface area contributed by atoms with Gasteiger partial charge in [0.05, 0.1) is 19.6 Å². The molecule has 0 aliphatic rings. The third-order valence-corrected chi connectivity index (χ3v) is 4.56. The fourth-order valence-corrected chi connectivity index (χ4v) is 3.42. The third-order valence-electron chi connectivity index (χ3n) is 4.56. The minimum absolute atomic E-state index is 0.711. The van der Waals surface area contributed by atoms with Gasteiger partial charge in [0.15, 0.2) is 11.5 Å². The van der Waals surface area contributed by atoms with Crippen molar-refractivity contribution in [3.8, 4) is 11.5 Å². The Kier molecular flexibility index (Phi) is 3.20. The molecule has 120 valence electrons. The lowest BCUT2D eigenvalue weighted by Crippen LogP contribution is -2.30. The van der Waals surface area contributed by atoms with Crippen molar-refractivity contribution in [2.24, 2.45) is 0 Å². The van der Waals surface area contributed by atoms with Crippen molar-refractivity contribution in [2.75, 3.05) is 20.0 Å². The van der Waals surface area contributed by atoms with E-state index in [9.17, 15) is 0 Å². The van der Waals surface area contributed by atoms with Gasteiger partial charge in [0.2, 0.25) is 0 Å². The molecular weight excluding hydrogens is 300 g/mol. The number of anilines is 1. The fourth-order valence-electron chi connectivity index (χ4n) is 3.42. The summed E-state index contributed by atoms with van der Waals surface area (Å²) >= 11 is 0. The Balaban J connectivity index is 2.24. The van der Waals surface area contributed by atoms with Crippen molar-refractivity contribution in [2.45, 2.75) is 6.92 Å². The summed E-state index contributed by atoms with van der Waals surface area (Å²) in [7, 11) is 3.30. The summed E-state index contributed by atoms with van der Waals surface area (Å²) in [4.78, 5) is 0. The number of pyridine rings is 2. The summed E-state index contributed by atoms with van der Waals surface area (Å²) in [6.45, 7) is 2.06. The third kappa shape index (κ3) is 1.96. The minimum atomic E-state index is 0.711. The molecule has 0 saturated carbocycles. The van der Waals surface area contributed by atoms with Crippen LogP contribution in [0.5, 0.6) is 11.5 Å². The number of nitrogens with zero attached hydrogens (tertiary/aromatic N) is 1. The smallest absolute Gasteiger partial charge is 0.285 e. The maximum Gasteiger partial charge on any atom is 0.285 e. The van der Waals surface area contributed by atoms with Gasteiger partial charge in [-0.2, -0.15) is 4.40 Å². The van der Waals surface area contributed by atoms with Crippen molar-refractivity contribution in [1.82, 2.24) is 0 Å². The van der Waals surface area contributed by atoms with Gasteiger partial charge < -0.3 is 9.47 Å². The number of benzene rings is 2. The van der Waals surface area contributed by atoms with Crippen molar-refractivity contribution in [1.29, 1.82) is 0 Å². The van der Waals surface area contributed by atoms with Crippen LogP contribution in [0.4, 0.5) is 5.82 Å². The Morgan fingerprint density at radius 3 is 2.29 bits per heavy atom. The van der Waals surface area contributed by atoms with E-state index in [1.54, 1.807) is 14.2 Å². The maximum absolute atomic E-state index is 6.48. The number of hydrogen-bond acceptors (Lipinski definition) is 3. The van der Waals surface area contributed by atoms with Crippen LogP contribution in [-0.2, 0) is 0 Å². The van der Waals surface area contributed by atoms with E-state index in [2.05, 4.69) is 35.6 Å². The highest BCUT2D eigenvalue weighted by atomic mass is 16.5. The first-order chi connectivity index (χ1) is 11.6. The molecule has 2 aromatic carbocycles. The van der Waals surface area contributed by atoms with E-state index >= 15 is 0 Å². The lowest BCUT2D eigenvalue weighted by molar-refractivity contribution is -0.501. The fraction of sp³-hybridized carbons (Fsp3) is 0.150. The monoisotopic (exact) mass is 319 g/mol. The Bertz CT molecular complexity index is 1100. The van der Waals surface area contributed by atoms with E-state index < -0.39 is 0 Å². The minimum Gasteiger partial charge on any atom is -0.493 e. The Labute approximate surface area is 140 Å². The average molecular weight is 319 g/mol. The first-order valence-corrected chi connectivity index (χ1v) is 7.82. The van der Waals surface area contributed by atoms with Crippen LogP contribution in [-0.4, -0.2) is 14.2 Å². The number of methoxy groups -OCH3 is 2. The summed E-state index contributed by atoms with van der Waals surface area (Å²) in [5.74, 6) is 2.18. The summed E-state index contributed by atoms with van der Waals surface area (Å²) in [5.41, 5.74) is 8.61. The molecule has 4 nitrogen and oxygen atoms in total. The molecule has 0 aliphatic heterocycles. The SMILES string of the molecule is COc1cc2cc(C)[n+]3c(N)c4ccccc4cc3c2cc1OC. The van der Waals surface area contributed by atoms with Gasteiger partial charge in [-0.1, -0.05) is 18.2 Å². The second-order valence-corrected chi connectivity index (χ2v) is 5.92. The van der Waals surface area contributed by atoms with Crippen molar-refractivity contribution in [3.05, 3.63) is 54.2 Å². The number of aromatic nitrogens is 1. The number of hydrogen-bond donors (Lipinski definition) is 1. The highest BCUT2D eigenvalue weighted by Crippen LogP contribution is 2.34. The molecule has 0 atom stereocenters. The van der Waals surface area contributed by atoms with E-state index in [-0.39, 0.29) is 0 Å². The van der Waals surface area contributed by atoms with Crippen molar-refractivity contribution >= 4 is 32.9 Å². The van der Waals surface area contributed by atoms with Crippen molar-refractivity contribution < 1.29 is 13.9 Å². The van der Waals surface area contributed by atoms with E-state index in [1.165, 1.54) is 0 Å². The molecule has 4 heteroatoms. The molecule has 2 heterocycles. The Hall–Kier alpha value is -3.01. The molecule has 0 fully saturated rings. The molecule has 0 unspecified atom stereocenters. The van der Waals surface area contributed by atoms with Crippen molar-refractivity contribution in [3.63, 3.8) is 0 Å². The van der Waals surface area contributed by atoms with Gasteiger partial charge in [0.1, 0.15) is 11.2 Å². The lowest BCUT2D eigenvalue weighted by atomic mass is 10.0. The Morgan fingerprint density at radius 1 is 0.833 bits per heavy atom. The molecule has 4 rings (SSSR count). The molecule has 2 N–H and O–H groups in total. The van der Waals surface area contributed by atoms with Gasteiger partial charge in [-0.25, -0.2) is 0 Å². The first kappa shape index (κ1) is 14.6. The summed E-state index contributed by atoms with van der Waals surface area (Å²) in [6.07, 6.45) is 0. The van der Waals surface area contributed by atoms with Gasteiger partial charge in [-0.3, -0.25) is 5.73 Å². The summed E-state index contributed by atoms with van der Waals surface area (Å²) < 4.78 is 13.0.